The third kappa shape index (κ3) is 4.00. The summed E-state index contributed by atoms with van der Waals surface area (Å²) < 4.78 is 40.0. The van der Waals surface area contributed by atoms with Crippen LogP contribution < -0.4 is 9.88 Å². The largest absolute Gasteiger partial charge is 0.493 e. The van der Waals surface area contributed by atoms with Gasteiger partial charge in [0.15, 0.2) is 0 Å². The molecule has 0 aromatic heterocycles. The van der Waals surface area contributed by atoms with Gasteiger partial charge in [0.05, 0.1) is 13.0 Å². The lowest BCUT2D eigenvalue weighted by Gasteiger charge is -2.06. The smallest absolute Gasteiger partial charge is 0.306 e. The lowest BCUT2D eigenvalue weighted by atomic mass is 10.3. The average Bonchev–Trinajstić information content (AvgIpc) is 2.14. The molecule has 17 heavy (non-hydrogen) atoms. The molecule has 94 valence electrons. The Bertz CT molecular complexity index is 528. The normalized spacial score (nSPS) is 11.2. The fourth-order valence-electron chi connectivity index (χ4n) is 1.06. The zero-order valence-corrected chi connectivity index (χ0v) is 9.41. The topological polar surface area (TPSA) is 107 Å². The number of carboxylic acids is 1. The predicted octanol–water partition coefficient (Wildman–Crippen LogP) is 0.327. The van der Waals surface area contributed by atoms with Crippen LogP contribution in [0.15, 0.2) is 23.1 Å². The van der Waals surface area contributed by atoms with Crippen LogP contribution in [0.5, 0.6) is 5.75 Å². The number of hydrogen-bond donors (Lipinski definition) is 2. The van der Waals surface area contributed by atoms with E-state index in [4.69, 9.17) is 15.0 Å². The quantitative estimate of drug-likeness (QED) is 0.795. The van der Waals surface area contributed by atoms with E-state index in [0.29, 0.717) is 0 Å². The van der Waals surface area contributed by atoms with E-state index in [9.17, 15) is 17.6 Å². The highest BCUT2D eigenvalue weighted by Crippen LogP contribution is 2.19. The fraction of sp³-hybridized carbons (Fsp3) is 0.222. The summed E-state index contributed by atoms with van der Waals surface area (Å²) in [5.41, 5.74) is 0. The molecule has 8 heteroatoms. The van der Waals surface area contributed by atoms with E-state index >= 15 is 0 Å². The van der Waals surface area contributed by atoms with Crippen LogP contribution in [-0.2, 0) is 14.8 Å². The van der Waals surface area contributed by atoms with Gasteiger partial charge in [0, 0.05) is 6.07 Å². The Labute approximate surface area is 96.9 Å². The Balaban J connectivity index is 2.79. The standard InChI is InChI=1S/C9H10FNO5S/c10-7-5-6(16-4-3-9(12)13)1-2-8(7)17(11,14)15/h1-2,5H,3-4H2,(H,12,13)(H2,11,14,15). The number of aliphatic carboxylic acids is 1. The van der Waals surface area contributed by atoms with Gasteiger partial charge >= 0.3 is 5.97 Å². The van der Waals surface area contributed by atoms with Crippen molar-refractivity contribution in [2.75, 3.05) is 6.61 Å². The Hall–Kier alpha value is -1.67. The molecule has 0 saturated heterocycles. The second-order valence-corrected chi connectivity index (χ2v) is 4.66. The molecule has 6 nitrogen and oxygen atoms in total. The number of rotatable bonds is 5. The highest BCUT2D eigenvalue weighted by atomic mass is 32.2. The molecular weight excluding hydrogens is 253 g/mol. The number of ether oxygens (including phenoxy) is 1. The first-order valence-corrected chi connectivity index (χ1v) is 6.02. The SMILES string of the molecule is NS(=O)(=O)c1ccc(OCCC(=O)O)cc1F. The molecule has 0 heterocycles. The van der Waals surface area contributed by atoms with E-state index in [1.54, 1.807) is 0 Å². The fourth-order valence-corrected chi connectivity index (χ4v) is 1.65. The van der Waals surface area contributed by atoms with Crippen molar-refractivity contribution in [2.45, 2.75) is 11.3 Å². The summed E-state index contributed by atoms with van der Waals surface area (Å²) in [6.45, 7) is -0.135. The van der Waals surface area contributed by atoms with E-state index in [0.717, 1.165) is 12.1 Å². The number of sulfonamides is 1. The third-order valence-corrected chi connectivity index (χ3v) is 2.74. The van der Waals surface area contributed by atoms with Crippen LogP contribution in [0.2, 0.25) is 0 Å². The minimum atomic E-state index is -4.11. The van der Waals surface area contributed by atoms with Crippen LogP contribution >= 0.6 is 0 Å². The highest BCUT2D eigenvalue weighted by molar-refractivity contribution is 7.89. The van der Waals surface area contributed by atoms with Crippen molar-refractivity contribution < 1.29 is 27.4 Å². The summed E-state index contributed by atoms with van der Waals surface area (Å²) in [5, 5.41) is 13.1. The number of halogens is 1. The Morgan fingerprint density at radius 1 is 1.47 bits per heavy atom. The maximum absolute atomic E-state index is 13.3. The molecule has 1 rings (SSSR count). The van der Waals surface area contributed by atoms with Crippen molar-refractivity contribution >= 4 is 16.0 Å². The zero-order chi connectivity index (χ0) is 13.1. The Morgan fingerprint density at radius 3 is 2.59 bits per heavy atom. The summed E-state index contributed by atoms with van der Waals surface area (Å²) in [6, 6.07) is 2.99. The number of benzene rings is 1. The highest BCUT2D eigenvalue weighted by Gasteiger charge is 2.14. The second kappa shape index (κ2) is 5.11. The van der Waals surface area contributed by atoms with Crippen LogP contribution in [0, 0.1) is 5.82 Å². The number of nitrogens with two attached hydrogens (primary N) is 1. The molecule has 0 fully saturated rings. The second-order valence-electron chi connectivity index (χ2n) is 3.13. The van der Waals surface area contributed by atoms with Crippen molar-refractivity contribution in [3.05, 3.63) is 24.0 Å². The number of primary sulfonamides is 1. The zero-order valence-electron chi connectivity index (χ0n) is 8.59. The van der Waals surface area contributed by atoms with Gasteiger partial charge in [-0.3, -0.25) is 4.79 Å². The average molecular weight is 263 g/mol. The van der Waals surface area contributed by atoms with Crippen molar-refractivity contribution in [1.29, 1.82) is 0 Å². The van der Waals surface area contributed by atoms with Gasteiger partial charge < -0.3 is 9.84 Å². The molecule has 3 N–H and O–H groups in total. The molecular formula is C9H10FNO5S. The molecule has 0 bridgehead atoms. The van der Waals surface area contributed by atoms with Crippen molar-refractivity contribution in [3.8, 4) is 5.75 Å². The summed E-state index contributed by atoms with van der Waals surface area (Å²) >= 11 is 0. The monoisotopic (exact) mass is 263 g/mol. The molecule has 1 aromatic rings. The first-order chi connectivity index (χ1) is 7.80. The first kappa shape index (κ1) is 13.4. The predicted molar refractivity (Wildman–Crippen MR) is 55.5 cm³/mol. The van der Waals surface area contributed by atoms with E-state index in [1.807, 2.05) is 0 Å². The van der Waals surface area contributed by atoms with Gasteiger partial charge in [0.25, 0.3) is 0 Å². The molecule has 0 unspecified atom stereocenters. The molecule has 0 aliphatic carbocycles. The first-order valence-electron chi connectivity index (χ1n) is 4.47. The molecule has 0 atom stereocenters. The van der Waals surface area contributed by atoms with Gasteiger partial charge in [-0.15, -0.1) is 0 Å². The maximum Gasteiger partial charge on any atom is 0.306 e. The third-order valence-electron chi connectivity index (χ3n) is 1.79. The van der Waals surface area contributed by atoms with Gasteiger partial charge in [-0.25, -0.2) is 17.9 Å². The van der Waals surface area contributed by atoms with Crippen molar-refractivity contribution in [2.24, 2.45) is 5.14 Å². The van der Waals surface area contributed by atoms with Crippen molar-refractivity contribution in [3.63, 3.8) is 0 Å². The van der Waals surface area contributed by atoms with Crippen LogP contribution in [0.4, 0.5) is 4.39 Å². The molecule has 0 amide bonds. The number of carbonyl (C=O) groups is 1. The Morgan fingerprint density at radius 2 is 2.12 bits per heavy atom. The molecule has 0 radical (unpaired) electrons. The number of carboxylic acid groups (broad SMARTS) is 1. The lowest BCUT2D eigenvalue weighted by Crippen LogP contribution is -2.14. The van der Waals surface area contributed by atoms with Crippen LogP contribution in [-0.4, -0.2) is 26.1 Å². The maximum atomic E-state index is 13.3. The lowest BCUT2D eigenvalue weighted by molar-refractivity contribution is -0.137. The van der Waals surface area contributed by atoms with Gasteiger partial charge in [-0.2, -0.15) is 0 Å². The Kier molecular flexibility index (Phi) is 4.02. The van der Waals surface area contributed by atoms with Crippen LogP contribution in [0.3, 0.4) is 0 Å². The molecule has 1 aromatic carbocycles. The molecule has 0 aliphatic rings. The van der Waals surface area contributed by atoms with Crippen molar-refractivity contribution in [1.82, 2.24) is 0 Å². The van der Waals surface area contributed by atoms with E-state index in [1.165, 1.54) is 6.07 Å². The summed E-state index contributed by atoms with van der Waals surface area (Å²) in [4.78, 5) is 9.56. The summed E-state index contributed by atoms with van der Waals surface area (Å²) in [7, 11) is -4.11. The molecule has 0 saturated carbocycles. The summed E-state index contributed by atoms with van der Waals surface area (Å²) in [5.74, 6) is -2.05. The van der Waals surface area contributed by atoms with Gasteiger partial charge in [0.1, 0.15) is 16.5 Å². The summed E-state index contributed by atoms with van der Waals surface area (Å²) in [6.07, 6.45) is -0.238. The van der Waals surface area contributed by atoms with Gasteiger partial charge in [0.2, 0.25) is 10.0 Å². The van der Waals surface area contributed by atoms with E-state index < -0.39 is 26.7 Å². The minimum Gasteiger partial charge on any atom is -0.493 e. The molecule has 0 spiro atoms. The van der Waals surface area contributed by atoms with Crippen LogP contribution in [0.25, 0.3) is 0 Å². The van der Waals surface area contributed by atoms with E-state index in [-0.39, 0.29) is 18.8 Å². The number of hydrogen-bond acceptors (Lipinski definition) is 4. The van der Waals surface area contributed by atoms with E-state index in [2.05, 4.69) is 0 Å². The minimum absolute atomic E-state index is 0.0381. The van der Waals surface area contributed by atoms with Crippen LogP contribution in [0.1, 0.15) is 6.42 Å². The van der Waals surface area contributed by atoms with Gasteiger partial charge in [-0.1, -0.05) is 0 Å². The molecule has 0 aliphatic heterocycles. The van der Waals surface area contributed by atoms with Gasteiger partial charge in [-0.05, 0) is 12.1 Å².